The summed E-state index contributed by atoms with van der Waals surface area (Å²) in [5.41, 5.74) is 1.30. The van der Waals surface area contributed by atoms with Crippen molar-refractivity contribution in [1.29, 1.82) is 0 Å². The minimum Gasteiger partial charge on any atom is -0.464 e. The van der Waals surface area contributed by atoms with E-state index in [1.807, 2.05) is 0 Å². The normalized spacial score (nSPS) is 26.3. The third kappa shape index (κ3) is 12.3. The monoisotopic (exact) mass is 1070 g/mol. The lowest BCUT2D eigenvalue weighted by atomic mass is 10.1. The third-order valence-electron chi connectivity index (χ3n) is 11.8. The highest BCUT2D eigenvalue weighted by molar-refractivity contribution is 7.53. The van der Waals surface area contributed by atoms with Gasteiger partial charge in [-0.1, -0.05) is 25.7 Å². The molecule has 8 rings (SSSR count). The molecule has 0 spiro atoms. The Hall–Kier alpha value is -3.80. The molecule has 388 valence electrons. The first kappa shape index (κ1) is 54.0. The molecule has 70 heavy (non-hydrogen) atoms. The van der Waals surface area contributed by atoms with Gasteiger partial charge in [-0.3, -0.25) is 18.3 Å². The summed E-state index contributed by atoms with van der Waals surface area (Å²) < 4.78 is 56.9. The van der Waals surface area contributed by atoms with Gasteiger partial charge in [-0.25, -0.2) is 19.6 Å². The van der Waals surface area contributed by atoms with E-state index in [2.05, 4.69) is 50.0 Å². The number of esters is 2. The third-order valence-corrected chi connectivity index (χ3v) is 14.1. The molecule has 10 atom stereocenters. The molecule has 2 aliphatic heterocycles. The van der Waals surface area contributed by atoms with Gasteiger partial charge in [0.05, 0.1) is 39.1 Å². The molecule has 0 aromatic carbocycles. The Morgan fingerprint density at radius 3 is 1.34 bits per heavy atom. The Morgan fingerprint density at radius 1 is 0.657 bits per heavy atom. The molecule has 4 aliphatic rings. The number of carbonyl (C=O) groups is 2. The Morgan fingerprint density at radius 2 is 1.01 bits per heavy atom. The van der Waals surface area contributed by atoms with Crippen molar-refractivity contribution in [1.82, 2.24) is 39.0 Å². The molecule has 0 amide bonds. The average molecular weight is 1070 g/mol. The zero-order valence-electron chi connectivity index (χ0n) is 37.5. The maximum atomic E-state index is 11.9. The van der Waals surface area contributed by atoms with Crippen LogP contribution in [0.4, 0.5) is 11.6 Å². The van der Waals surface area contributed by atoms with Gasteiger partial charge in [0.15, 0.2) is 46.4 Å². The Bertz CT molecular complexity index is 2390. The number of imidazole rings is 2. The van der Waals surface area contributed by atoms with Crippen molar-refractivity contribution in [3.05, 3.63) is 23.2 Å². The van der Waals surface area contributed by atoms with Gasteiger partial charge in [-0.2, -0.15) is 19.9 Å². The van der Waals surface area contributed by atoms with Crippen LogP contribution in [0.5, 0.6) is 0 Å². The van der Waals surface area contributed by atoms with Gasteiger partial charge >= 0.3 is 27.1 Å². The fraction of sp³-hybridized carbons (Fsp3) is 0.684. The van der Waals surface area contributed by atoms with E-state index in [-0.39, 0.29) is 47.2 Å². The molecule has 4 fully saturated rings. The standard InChI is InChI=1S/2C19H27ClN5O9P/c2*1-2-32-17(28)18(35(29,30)31)33-7-10-12(26)13(27)16(34-10)25-8-21-11-14(22-9-5-3-4-6-9)23-19(20)24-15(11)25/h2*8-10,12-13,16,18,26-27H,2-7H2,1H3,(H,22,23,24)(H2,29,30,31)/t10-,12-,13-,16-,18+;10-,12-,13-,16-,18-/m11/s1. The number of aliphatic hydroxyl groups excluding tert-OH is 4. The van der Waals surface area contributed by atoms with E-state index in [1.54, 1.807) is 0 Å². The number of aromatic nitrogens is 8. The number of rotatable bonds is 18. The highest BCUT2D eigenvalue weighted by Gasteiger charge is 2.48. The van der Waals surface area contributed by atoms with Crippen molar-refractivity contribution in [2.24, 2.45) is 0 Å². The molecular formula is C38H54Cl2N10O18P2. The lowest BCUT2D eigenvalue weighted by Gasteiger charge is -2.21. The van der Waals surface area contributed by atoms with Crippen molar-refractivity contribution < 1.29 is 87.1 Å². The van der Waals surface area contributed by atoms with Gasteiger partial charge in [-0.15, -0.1) is 0 Å². The lowest BCUT2D eigenvalue weighted by Crippen LogP contribution is -2.36. The summed E-state index contributed by atoms with van der Waals surface area (Å²) in [4.78, 5) is 87.0. The number of nitrogens with zero attached hydrogens (tertiary/aromatic N) is 8. The summed E-state index contributed by atoms with van der Waals surface area (Å²) in [6, 6.07) is 0.458. The number of ether oxygens (including phenoxy) is 6. The summed E-state index contributed by atoms with van der Waals surface area (Å²) in [6.07, 6.45) is 0.321. The van der Waals surface area contributed by atoms with Gasteiger partial charge in [0.1, 0.15) is 36.6 Å². The quantitative estimate of drug-likeness (QED) is 0.0378. The zero-order valence-corrected chi connectivity index (χ0v) is 40.8. The number of nitrogens with one attached hydrogen (secondary N) is 2. The molecule has 2 saturated carbocycles. The van der Waals surface area contributed by atoms with E-state index in [1.165, 1.54) is 35.6 Å². The van der Waals surface area contributed by atoms with Gasteiger partial charge < -0.3 is 79.1 Å². The van der Waals surface area contributed by atoms with Crippen molar-refractivity contribution >= 4 is 84.3 Å². The van der Waals surface area contributed by atoms with Crippen molar-refractivity contribution in [3.8, 4) is 0 Å². The maximum absolute atomic E-state index is 11.9. The molecular weight excluding hydrogens is 1020 g/mol. The molecule has 4 aromatic heterocycles. The zero-order chi connectivity index (χ0) is 50.7. The molecule has 2 aliphatic carbocycles. The molecule has 6 heterocycles. The number of anilines is 2. The highest BCUT2D eigenvalue weighted by Crippen LogP contribution is 2.45. The summed E-state index contributed by atoms with van der Waals surface area (Å²) in [7, 11) is -10.0. The van der Waals surface area contributed by atoms with Crippen LogP contribution in [0.2, 0.25) is 10.6 Å². The summed E-state index contributed by atoms with van der Waals surface area (Å²) in [6.45, 7) is 1.49. The van der Waals surface area contributed by atoms with E-state index >= 15 is 0 Å². The first-order chi connectivity index (χ1) is 33.2. The minimum atomic E-state index is -5.02. The smallest absolute Gasteiger partial charge is 0.365 e. The first-order valence-electron chi connectivity index (χ1n) is 22.2. The van der Waals surface area contributed by atoms with E-state index in [0.29, 0.717) is 22.7 Å². The summed E-state index contributed by atoms with van der Waals surface area (Å²) in [5.74, 6) is -6.01. The summed E-state index contributed by atoms with van der Waals surface area (Å²) >= 11 is 12.3. The molecule has 28 nitrogen and oxygen atoms in total. The van der Waals surface area contributed by atoms with Crippen LogP contribution in [-0.2, 0) is 47.1 Å². The van der Waals surface area contributed by atoms with Gasteiger partial charge in [0.2, 0.25) is 10.6 Å². The van der Waals surface area contributed by atoms with Crippen LogP contribution in [0.1, 0.15) is 77.7 Å². The second-order valence-electron chi connectivity index (χ2n) is 16.7. The predicted molar refractivity (Wildman–Crippen MR) is 241 cm³/mol. The fourth-order valence-corrected chi connectivity index (χ4v) is 10.1. The molecule has 32 heteroatoms. The van der Waals surface area contributed by atoms with Gasteiger partial charge in [0, 0.05) is 12.1 Å². The van der Waals surface area contributed by atoms with E-state index in [9.17, 15) is 58.7 Å². The first-order valence-corrected chi connectivity index (χ1v) is 26.3. The molecule has 4 aromatic rings. The van der Waals surface area contributed by atoms with Crippen LogP contribution in [0.25, 0.3) is 22.3 Å². The fourth-order valence-electron chi connectivity index (χ4n) is 8.48. The van der Waals surface area contributed by atoms with Crippen LogP contribution < -0.4 is 10.6 Å². The highest BCUT2D eigenvalue weighted by atomic mass is 35.5. The lowest BCUT2D eigenvalue weighted by molar-refractivity contribution is -0.156. The average Bonchev–Trinajstić information content (AvgIpc) is 4.17. The Kier molecular flexibility index (Phi) is 17.7. The number of hydrogen-bond acceptors (Lipinski definition) is 22. The van der Waals surface area contributed by atoms with Crippen LogP contribution in [0.3, 0.4) is 0 Å². The van der Waals surface area contributed by atoms with E-state index in [4.69, 9.17) is 42.1 Å². The molecule has 2 saturated heterocycles. The molecule has 0 bridgehead atoms. The maximum Gasteiger partial charge on any atom is 0.365 e. The number of carbonyl (C=O) groups excluding carboxylic acids is 2. The number of aliphatic hydroxyl groups is 4. The largest absolute Gasteiger partial charge is 0.464 e. The second kappa shape index (κ2) is 23.0. The second-order valence-corrected chi connectivity index (χ2v) is 20.7. The SMILES string of the molecule is CCOC(=O)[C@@H](OC[C@H]1O[C@@H](n2cnc3c(NC4CCCC4)nc(Cl)nc32)[C@H](O)[C@@H]1O)P(=O)(O)O.CCOC(=O)[C@H](OC[C@H]1O[C@@H](n2cnc3c(NC4CCCC4)nc(Cl)nc32)[C@H](O)[C@@H]1O)P(=O)(O)O. The molecule has 0 unspecified atom stereocenters. The summed E-state index contributed by atoms with van der Waals surface area (Å²) in [5, 5.41) is 48.8. The number of fused-ring (bicyclic) bond motifs is 2. The van der Waals surface area contributed by atoms with Crippen molar-refractivity contribution in [2.75, 3.05) is 37.1 Å². The Labute approximate surface area is 407 Å². The predicted octanol–water partition coefficient (Wildman–Crippen LogP) is 1.07. The van der Waals surface area contributed by atoms with Crippen LogP contribution >= 0.6 is 38.4 Å². The molecule has 0 radical (unpaired) electrons. The van der Waals surface area contributed by atoms with E-state index < -0.39 is 101 Å². The van der Waals surface area contributed by atoms with Crippen LogP contribution in [0, 0.1) is 0 Å². The number of hydrogen-bond donors (Lipinski definition) is 10. The molecule has 10 N–H and O–H groups in total. The number of halogens is 2. The van der Waals surface area contributed by atoms with Crippen molar-refractivity contribution in [3.63, 3.8) is 0 Å². The van der Waals surface area contributed by atoms with Crippen LogP contribution in [0.15, 0.2) is 12.7 Å². The van der Waals surface area contributed by atoms with E-state index in [0.717, 1.165) is 51.4 Å². The topological polar surface area (TPSA) is 397 Å². The van der Waals surface area contributed by atoms with Crippen LogP contribution in [-0.4, -0.2) is 178 Å². The van der Waals surface area contributed by atoms with Crippen molar-refractivity contribution in [2.45, 2.75) is 138 Å². The van der Waals surface area contributed by atoms with Gasteiger partial charge in [-0.05, 0) is 62.7 Å². The Balaban J connectivity index is 0.000000206. The van der Waals surface area contributed by atoms with Gasteiger partial charge in [0.25, 0.3) is 11.7 Å². The minimum absolute atomic E-state index is 0.0495.